The molecule has 2 aromatic rings. The van der Waals surface area contributed by atoms with Crippen molar-refractivity contribution in [2.75, 3.05) is 18.8 Å². The van der Waals surface area contributed by atoms with Crippen molar-refractivity contribution in [1.29, 1.82) is 0 Å². The smallest absolute Gasteiger partial charge is 0.242 e. The van der Waals surface area contributed by atoms with Crippen molar-refractivity contribution in [2.24, 2.45) is 5.92 Å². The summed E-state index contributed by atoms with van der Waals surface area (Å²) in [5.74, 6) is 1.01. The van der Waals surface area contributed by atoms with Gasteiger partial charge in [0, 0.05) is 30.2 Å². The van der Waals surface area contributed by atoms with Crippen LogP contribution >= 0.6 is 11.8 Å². The molecule has 0 saturated heterocycles. The van der Waals surface area contributed by atoms with Crippen LogP contribution < -0.4 is 5.32 Å². The summed E-state index contributed by atoms with van der Waals surface area (Å²) in [6.07, 6.45) is 1.15. The van der Waals surface area contributed by atoms with E-state index in [0.717, 1.165) is 11.3 Å². The zero-order valence-corrected chi connectivity index (χ0v) is 18.5. The first-order valence-corrected chi connectivity index (χ1v) is 11.2. The summed E-state index contributed by atoms with van der Waals surface area (Å²) in [7, 11) is 0. The van der Waals surface area contributed by atoms with Crippen molar-refractivity contribution < 1.29 is 9.59 Å². The van der Waals surface area contributed by atoms with Gasteiger partial charge < -0.3 is 10.2 Å². The number of amides is 2. The molecule has 0 fully saturated rings. The Labute approximate surface area is 179 Å². The SMILES string of the molecule is CC(C)CNC(=O)C(C)N(CCc1ccccc1)C(=O)CCSc1ccccc1. The molecule has 4 nitrogen and oxygen atoms in total. The molecule has 0 spiro atoms. The van der Waals surface area contributed by atoms with Gasteiger partial charge in [0.2, 0.25) is 11.8 Å². The molecular weight excluding hydrogens is 380 g/mol. The number of carbonyl (C=O) groups excluding carboxylic acids is 2. The van der Waals surface area contributed by atoms with Crippen molar-refractivity contribution in [2.45, 2.75) is 44.6 Å². The number of hydrogen-bond donors (Lipinski definition) is 1. The van der Waals surface area contributed by atoms with Crippen LogP contribution in [0.3, 0.4) is 0 Å². The number of nitrogens with one attached hydrogen (secondary N) is 1. The van der Waals surface area contributed by atoms with E-state index in [4.69, 9.17) is 0 Å². The lowest BCUT2D eigenvalue weighted by atomic mass is 10.1. The van der Waals surface area contributed by atoms with Gasteiger partial charge in [-0.15, -0.1) is 11.8 Å². The Kier molecular flexibility index (Phi) is 9.78. The Bertz CT molecular complexity index is 750. The molecule has 0 aliphatic carbocycles. The molecule has 0 aliphatic rings. The van der Waals surface area contributed by atoms with Crippen LogP contribution in [0.1, 0.15) is 32.8 Å². The number of hydrogen-bond acceptors (Lipinski definition) is 3. The fourth-order valence-corrected chi connectivity index (χ4v) is 3.80. The van der Waals surface area contributed by atoms with Gasteiger partial charge in [-0.3, -0.25) is 9.59 Å². The van der Waals surface area contributed by atoms with Gasteiger partial charge in [-0.1, -0.05) is 62.4 Å². The monoisotopic (exact) mass is 412 g/mol. The minimum atomic E-state index is -0.480. The van der Waals surface area contributed by atoms with E-state index in [1.165, 1.54) is 5.56 Å². The van der Waals surface area contributed by atoms with E-state index in [2.05, 4.69) is 31.3 Å². The van der Waals surface area contributed by atoms with Gasteiger partial charge in [-0.2, -0.15) is 0 Å². The molecule has 1 unspecified atom stereocenters. The zero-order chi connectivity index (χ0) is 21.1. The third-order valence-electron chi connectivity index (χ3n) is 4.66. The third kappa shape index (κ3) is 8.32. The van der Waals surface area contributed by atoms with E-state index in [1.807, 2.05) is 55.5 Å². The predicted molar refractivity (Wildman–Crippen MR) is 121 cm³/mol. The average Bonchev–Trinajstić information content (AvgIpc) is 2.73. The quantitative estimate of drug-likeness (QED) is 0.557. The summed E-state index contributed by atoms with van der Waals surface area (Å²) in [5.41, 5.74) is 1.17. The van der Waals surface area contributed by atoms with E-state index in [9.17, 15) is 9.59 Å². The molecule has 1 N–H and O–H groups in total. The summed E-state index contributed by atoms with van der Waals surface area (Å²) < 4.78 is 0. The summed E-state index contributed by atoms with van der Waals surface area (Å²) in [4.78, 5) is 28.4. The molecule has 5 heteroatoms. The van der Waals surface area contributed by atoms with E-state index < -0.39 is 6.04 Å². The Morgan fingerprint density at radius 3 is 2.21 bits per heavy atom. The largest absolute Gasteiger partial charge is 0.354 e. The molecule has 156 valence electrons. The second-order valence-corrected chi connectivity index (χ2v) is 8.72. The lowest BCUT2D eigenvalue weighted by molar-refractivity contribution is -0.139. The van der Waals surface area contributed by atoms with Crippen LogP contribution in [0.2, 0.25) is 0 Å². The van der Waals surface area contributed by atoms with Crippen molar-refractivity contribution >= 4 is 23.6 Å². The maximum absolute atomic E-state index is 13.0. The molecular formula is C24H32N2O2S. The molecule has 2 aromatic carbocycles. The lowest BCUT2D eigenvalue weighted by Crippen LogP contribution is -2.49. The van der Waals surface area contributed by atoms with Gasteiger partial charge in [0.1, 0.15) is 6.04 Å². The molecule has 0 bridgehead atoms. The average molecular weight is 413 g/mol. The summed E-state index contributed by atoms with van der Waals surface area (Å²) in [6, 6.07) is 19.7. The van der Waals surface area contributed by atoms with Crippen LogP contribution in [-0.2, 0) is 16.0 Å². The number of nitrogens with zero attached hydrogens (tertiary/aromatic N) is 1. The van der Waals surface area contributed by atoms with Crippen LogP contribution in [0.5, 0.6) is 0 Å². The molecule has 0 aliphatic heterocycles. The van der Waals surface area contributed by atoms with E-state index in [-0.39, 0.29) is 11.8 Å². The maximum atomic E-state index is 13.0. The Morgan fingerprint density at radius 1 is 0.966 bits per heavy atom. The Hall–Kier alpha value is -2.27. The van der Waals surface area contributed by atoms with Crippen LogP contribution in [-0.4, -0.2) is 41.6 Å². The fourth-order valence-electron chi connectivity index (χ4n) is 2.94. The van der Waals surface area contributed by atoms with Gasteiger partial charge in [0.15, 0.2) is 0 Å². The van der Waals surface area contributed by atoms with Crippen molar-refractivity contribution in [3.8, 4) is 0 Å². The summed E-state index contributed by atoms with van der Waals surface area (Å²) in [5, 5.41) is 2.96. The minimum Gasteiger partial charge on any atom is -0.354 e. The number of carbonyl (C=O) groups is 2. The topological polar surface area (TPSA) is 49.4 Å². The van der Waals surface area contributed by atoms with E-state index >= 15 is 0 Å². The van der Waals surface area contributed by atoms with Crippen LogP contribution in [0.15, 0.2) is 65.6 Å². The van der Waals surface area contributed by atoms with Crippen LogP contribution in [0, 0.1) is 5.92 Å². The molecule has 29 heavy (non-hydrogen) atoms. The fraction of sp³-hybridized carbons (Fsp3) is 0.417. The highest BCUT2D eigenvalue weighted by Crippen LogP contribution is 2.19. The first-order chi connectivity index (χ1) is 14.0. The normalized spacial score (nSPS) is 11.9. The standard InChI is InChI=1S/C24H32N2O2S/c1-19(2)18-25-24(28)20(3)26(16-14-21-10-6-4-7-11-21)23(27)15-17-29-22-12-8-5-9-13-22/h4-13,19-20H,14-18H2,1-3H3,(H,25,28). The Balaban J connectivity index is 1.97. The van der Waals surface area contributed by atoms with Crippen molar-refractivity contribution in [1.82, 2.24) is 10.2 Å². The molecule has 0 heterocycles. The molecule has 0 saturated carbocycles. The number of benzene rings is 2. The van der Waals surface area contributed by atoms with Gasteiger partial charge in [0.05, 0.1) is 0 Å². The van der Waals surface area contributed by atoms with E-state index in [1.54, 1.807) is 16.7 Å². The van der Waals surface area contributed by atoms with Crippen LogP contribution in [0.25, 0.3) is 0 Å². The first kappa shape index (κ1) is 23.0. The first-order valence-electron chi connectivity index (χ1n) is 10.3. The zero-order valence-electron chi connectivity index (χ0n) is 17.6. The number of rotatable bonds is 11. The molecule has 0 radical (unpaired) electrons. The van der Waals surface area contributed by atoms with Crippen molar-refractivity contribution in [3.63, 3.8) is 0 Å². The minimum absolute atomic E-state index is 0.0246. The van der Waals surface area contributed by atoms with Gasteiger partial charge in [0.25, 0.3) is 0 Å². The predicted octanol–water partition coefficient (Wildman–Crippen LogP) is 4.40. The van der Waals surface area contributed by atoms with Crippen LogP contribution in [0.4, 0.5) is 0 Å². The second-order valence-electron chi connectivity index (χ2n) is 7.55. The summed E-state index contributed by atoms with van der Waals surface area (Å²) in [6.45, 7) is 7.10. The maximum Gasteiger partial charge on any atom is 0.242 e. The highest BCUT2D eigenvalue weighted by Gasteiger charge is 2.25. The summed E-state index contributed by atoms with van der Waals surface area (Å²) >= 11 is 1.67. The van der Waals surface area contributed by atoms with Crippen molar-refractivity contribution in [3.05, 3.63) is 66.2 Å². The molecule has 1 atom stereocenters. The molecule has 0 aromatic heterocycles. The van der Waals surface area contributed by atoms with Gasteiger partial charge in [-0.05, 0) is 37.0 Å². The molecule has 2 rings (SSSR count). The highest BCUT2D eigenvalue weighted by molar-refractivity contribution is 7.99. The highest BCUT2D eigenvalue weighted by atomic mass is 32.2. The number of thioether (sulfide) groups is 1. The Morgan fingerprint density at radius 2 is 1.59 bits per heavy atom. The van der Waals surface area contributed by atoms with Gasteiger partial charge in [-0.25, -0.2) is 0 Å². The third-order valence-corrected chi connectivity index (χ3v) is 5.68. The van der Waals surface area contributed by atoms with E-state index in [0.29, 0.717) is 31.2 Å². The second kappa shape index (κ2) is 12.3. The molecule has 2 amide bonds. The lowest BCUT2D eigenvalue weighted by Gasteiger charge is -2.29. The van der Waals surface area contributed by atoms with Gasteiger partial charge >= 0.3 is 0 Å².